The molecule has 0 aliphatic rings. The van der Waals surface area contributed by atoms with Gasteiger partial charge in [0.2, 0.25) is 5.88 Å². The number of carbonyl (C=O) groups excluding carboxylic acids is 1. The van der Waals surface area contributed by atoms with Crippen molar-refractivity contribution in [3.05, 3.63) is 99.6 Å². The zero-order valence-corrected chi connectivity index (χ0v) is 17.4. The topological polar surface area (TPSA) is 73.2 Å². The summed E-state index contributed by atoms with van der Waals surface area (Å²) < 4.78 is 34.5. The summed E-state index contributed by atoms with van der Waals surface area (Å²) in [4.78, 5) is 30.5. The summed E-state index contributed by atoms with van der Waals surface area (Å²) in [6, 6.07) is 13.2. The molecule has 162 valence electrons. The van der Waals surface area contributed by atoms with Crippen LogP contribution in [0.5, 0.6) is 5.88 Å². The lowest BCUT2D eigenvalue weighted by Crippen LogP contribution is -2.30. The predicted octanol–water partition coefficient (Wildman–Crippen LogP) is 3.91. The predicted molar refractivity (Wildman–Crippen MR) is 116 cm³/mol. The first-order chi connectivity index (χ1) is 15.4. The van der Waals surface area contributed by atoms with E-state index in [0.29, 0.717) is 22.8 Å². The van der Waals surface area contributed by atoms with Gasteiger partial charge in [0, 0.05) is 23.7 Å². The fourth-order valence-corrected chi connectivity index (χ4v) is 3.66. The van der Waals surface area contributed by atoms with E-state index < -0.39 is 23.1 Å². The maximum Gasteiger partial charge on any atom is 0.266 e. The summed E-state index contributed by atoms with van der Waals surface area (Å²) in [5.74, 6) is -1.32. The van der Waals surface area contributed by atoms with Crippen molar-refractivity contribution < 1.29 is 18.3 Å². The summed E-state index contributed by atoms with van der Waals surface area (Å²) in [5.41, 5.74) is 0.782. The van der Waals surface area contributed by atoms with Crippen molar-refractivity contribution in [1.82, 2.24) is 14.9 Å². The van der Waals surface area contributed by atoms with Crippen LogP contribution in [0.25, 0.3) is 16.5 Å². The van der Waals surface area contributed by atoms with Gasteiger partial charge in [-0.3, -0.25) is 14.2 Å². The van der Waals surface area contributed by atoms with Gasteiger partial charge in [-0.25, -0.2) is 13.8 Å². The van der Waals surface area contributed by atoms with Crippen LogP contribution in [0.2, 0.25) is 0 Å². The van der Waals surface area contributed by atoms with Crippen molar-refractivity contribution in [1.29, 1.82) is 0 Å². The summed E-state index contributed by atoms with van der Waals surface area (Å²) in [6.45, 7) is 1.67. The lowest BCUT2D eigenvalue weighted by Gasteiger charge is -2.17. The second-order valence-corrected chi connectivity index (χ2v) is 7.13. The molecule has 0 atom stereocenters. The number of carbonyl (C=O) groups is 1. The Bertz CT molecular complexity index is 1380. The van der Waals surface area contributed by atoms with E-state index in [1.165, 1.54) is 48.2 Å². The van der Waals surface area contributed by atoms with Gasteiger partial charge in [0.25, 0.3) is 11.5 Å². The van der Waals surface area contributed by atoms with Crippen LogP contribution in [-0.4, -0.2) is 22.6 Å². The Morgan fingerprint density at radius 1 is 1.12 bits per heavy atom. The van der Waals surface area contributed by atoms with E-state index in [9.17, 15) is 18.4 Å². The number of hydrogen-bond acceptors (Lipinski definition) is 4. The molecule has 2 aromatic heterocycles. The maximum atomic E-state index is 14.7. The molecule has 8 heteroatoms. The van der Waals surface area contributed by atoms with Crippen LogP contribution < -0.4 is 15.6 Å². The van der Waals surface area contributed by atoms with E-state index in [1.807, 2.05) is 0 Å². The number of nitrogens with one attached hydrogen (secondary N) is 1. The summed E-state index contributed by atoms with van der Waals surface area (Å²) in [6.07, 6.45) is 1.41. The van der Waals surface area contributed by atoms with Gasteiger partial charge in [-0.15, -0.1) is 0 Å². The number of rotatable bonds is 5. The van der Waals surface area contributed by atoms with Gasteiger partial charge in [-0.2, -0.15) is 0 Å². The van der Waals surface area contributed by atoms with Crippen LogP contribution in [0, 0.1) is 18.6 Å². The van der Waals surface area contributed by atoms with Crippen LogP contribution in [0.4, 0.5) is 8.78 Å². The summed E-state index contributed by atoms with van der Waals surface area (Å²) in [5, 5.41) is 2.72. The normalized spacial score (nSPS) is 10.9. The molecule has 4 aromatic rings. The summed E-state index contributed by atoms with van der Waals surface area (Å²) >= 11 is 0. The molecule has 1 amide bonds. The zero-order valence-electron chi connectivity index (χ0n) is 17.4. The quantitative estimate of drug-likeness (QED) is 0.516. The van der Waals surface area contributed by atoms with E-state index in [2.05, 4.69) is 10.3 Å². The van der Waals surface area contributed by atoms with Crippen molar-refractivity contribution in [3.63, 3.8) is 0 Å². The molecule has 0 aliphatic heterocycles. The molecule has 2 aromatic carbocycles. The minimum atomic E-state index is -0.734. The Morgan fingerprint density at radius 3 is 2.59 bits per heavy atom. The third-order valence-electron chi connectivity index (χ3n) is 5.15. The summed E-state index contributed by atoms with van der Waals surface area (Å²) in [7, 11) is 1.46. The number of hydrogen-bond donors (Lipinski definition) is 1. The number of nitrogens with zero attached hydrogens (tertiary/aromatic N) is 2. The average molecular weight is 435 g/mol. The van der Waals surface area contributed by atoms with Gasteiger partial charge >= 0.3 is 0 Å². The number of methoxy groups -OCH3 is 1. The number of halogens is 2. The standard InChI is InChI=1S/C24H19F2N3O3/c1-14-21(23(30)28-12-15-5-3-6-16(25)11-15)18-7-4-8-19(26)22(18)24(31)29(14)17-9-10-20(32-2)27-13-17/h3-11,13H,12H2,1-2H3,(H,28,30). The number of benzene rings is 2. The van der Waals surface area contributed by atoms with E-state index in [0.717, 1.165) is 0 Å². The largest absolute Gasteiger partial charge is 0.481 e. The Hall–Kier alpha value is -4.07. The van der Waals surface area contributed by atoms with Gasteiger partial charge in [0.15, 0.2) is 0 Å². The number of amides is 1. The SMILES string of the molecule is COc1ccc(-n2c(C)c(C(=O)NCc3cccc(F)c3)c3cccc(F)c3c2=O)cn1. The Labute approximate surface area is 182 Å². The van der Waals surface area contributed by atoms with E-state index in [-0.39, 0.29) is 22.9 Å². The molecular formula is C24H19F2N3O3. The molecule has 4 rings (SSSR count). The van der Waals surface area contributed by atoms with E-state index in [1.54, 1.807) is 31.2 Å². The van der Waals surface area contributed by atoms with Gasteiger partial charge in [-0.1, -0.05) is 24.3 Å². The smallest absolute Gasteiger partial charge is 0.266 e. The first kappa shape index (κ1) is 21.2. The molecule has 0 bridgehead atoms. The first-order valence-electron chi connectivity index (χ1n) is 9.77. The molecule has 0 spiro atoms. The number of fused-ring (bicyclic) bond motifs is 1. The van der Waals surface area contributed by atoms with Crippen molar-refractivity contribution in [2.75, 3.05) is 7.11 Å². The third kappa shape index (κ3) is 3.82. The third-order valence-corrected chi connectivity index (χ3v) is 5.15. The van der Waals surface area contributed by atoms with Crippen LogP contribution in [0.1, 0.15) is 21.6 Å². The van der Waals surface area contributed by atoms with Crippen LogP contribution in [0.15, 0.2) is 65.6 Å². The molecule has 0 radical (unpaired) electrons. The van der Waals surface area contributed by atoms with Crippen molar-refractivity contribution in [2.24, 2.45) is 0 Å². The Balaban J connectivity index is 1.86. The molecule has 0 saturated heterocycles. The number of pyridine rings is 2. The maximum absolute atomic E-state index is 14.7. The molecule has 0 fully saturated rings. The Morgan fingerprint density at radius 2 is 1.91 bits per heavy atom. The highest BCUT2D eigenvalue weighted by Gasteiger charge is 2.22. The van der Waals surface area contributed by atoms with Crippen molar-refractivity contribution >= 4 is 16.7 Å². The molecule has 0 aliphatic carbocycles. The number of ether oxygens (including phenoxy) is 1. The molecule has 32 heavy (non-hydrogen) atoms. The lowest BCUT2D eigenvalue weighted by molar-refractivity contribution is 0.0951. The van der Waals surface area contributed by atoms with Crippen molar-refractivity contribution in [3.8, 4) is 11.6 Å². The monoisotopic (exact) mass is 435 g/mol. The minimum Gasteiger partial charge on any atom is -0.481 e. The van der Waals surface area contributed by atoms with Crippen LogP contribution in [-0.2, 0) is 6.54 Å². The number of aromatic nitrogens is 2. The van der Waals surface area contributed by atoms with Gasteiger partial charge in [0.1, 0.15) is 11.6 Å². The average Bonchev–Trinajstić information content (AvgIpc) is 2.78. The van der Waals surface area contributed by atoms with Gasteiger partial charge < -0.3 is 10.1 Å². The molecule has 0 unspecified atom stereocenters. The zero-order chi connectivity index (χ0) is 22.8. The molecular weight excluding hydrogens is 416 g/mol. The van der Waals surface area contributed by atoms with Crippen LogP contribution >= 0.6 is 0 Å². The molecule has 0 saturated carbocycles. The lowest BCUT2D eigenvalue weighted by atomic mass is 10.0. The molecule has 1 N–H and O–H groups in total. The minimum absolute atomic E-state index is 0.0655. The van der Waals surface area contributed by atoms with Gasteiger partial charge in [0.05, 0.1) is 29.9 Å². The fraction of sp³-hybridized carbons (Fsp3) is 0.125. The second kappa shape index (κ2) is 8.58. The van der Waals surface area contributed by atoms with Gasteiger partial charge in [-0.05, 0) is 36.8 Å². The first-order valence-corrected chi connectivity index (χ1v) is 9.77. The van der Waals surface area contributed by atoms with Crippen molar-refractivity contribution in [2.45, 2.75) is 13.5 Å². The van der Waals surface area contributed by atoms with E-state index in [4.69, 9.17) is 4.74 Å². The molecule has 2 heterocycles. The fourth-order valence-electron chi connectivity index (χ4n) is 3.66. The second-order valence-electron chi connectivity index (χ2n) is 7.13. The van der Waals surface area contributed by atoms with Crippen LogP contribution in [0.3, 0.4) is 0 Å². The molecule has 6 nitrogen and oxygen atoms in total. The Kier molecular flexibility index (Phi) is 5.68. The van der Waals surface area contributed by atoms with E-state index >= 15 is 0 Å². The highest BCUT2D eigenvalue weighted by molar-refractivity contribution is 6.08. The highest BCUT2D eigenvalue weighted by atomic mass is 19.1. The highest BCUT2D eigenvalue weighted by Crippen LogP contribution is 2.24.